The molecule has 30 heavy (non-hydrogen) atoms. The molecule has 2 atom stereocenters. The summed E-state index contributed by atoms with van der Waals surface area (Å²) >= 11 is 6.34. The van der Waals surface area contributed by atoms with Crippen molar-refractivity contribution in [2.75, 3.05) is 19.7 Å². The fourth-order valence-electron chi connectivity index (χ4n) is 4.64. The van der Waals surface area contributed by atoms with Gasteiger partial charge >= 0.3 is 0 Å². The molecule has 6 heteroatoms. The monoisotopic (exact) mass is 424 g/mol. The summed E-state index contributed by atoms with van der Waals surface area (Å²) in [6.07, 6.45) is 7.19. The molecule has 0 N–H and O–H groups in total. The minimum Gasteiger partial charge on any atom is -0.493 e. The highest BCUT2D eigenvalue weighted by atomic mass is 35.5. The predicted molar refractivity (Wildman–Crippen MR) is 120 cm³/mol. The minimum atomic E-state index is 0.497. The molecule has 1 saturated heterocycles. The van der Waals surface area contributed by atoms with Gasteiger partial charge in [-0.2, -0.15) is 0 Å². The molecule has 1 aliphatic heterocycles. The second-order valence-electron chi connectivity index (χ2n) is 8.97. The van der Waals surface area contributed by atoms with Crippen LogP contribution >= 0.6 is 11.6 Å². The highest BCUT2D eigenvalue weighted by Crippen LogP contribution is 2.40. The van der Waals surface area contributed by atoms with Crippen molar-refractivity contribution in [3.05, 3.63) is 53.1 Å². The van der Waals surface area contributed by atoms with E-state index < -0.39 is 0 Å². The van der Waals surface area contributed by atoms with Gasteiger partial charge in [-0.25, -0.2) is 4.98 Å². The zero-order valence-electron chi connectivity index (χ0n) is 17.7. The smallest absolute Gasteiger partial charge is 0.123 e. The molecule has 2 unspecified atom stereocenters. The fourth-order valence-corrected chi connectivity index (χ4v) is 4.82. The van der Waals surface area contributed by atoms with Crippen molar-refractivity contribution in [3.63, 3.8) is 0 Å². The Labute approximate surface area is 183 Å². The van der Waals surface area contributed by atoms with Crippen LogP contribution in [0.5, 0.6) is 5.75 Å². The standard InChI is InChI=1S/C24H29ClN4O/c1-16-11-18(16)15-30-23-4-3-19(25)12-20(23)17-6-9-29(10-7-17)14-24-27-21-13-26-8-5-22(21)28(24)2/h3-5,8,12-13,16-18H,6-7,9-11,14-15H2,1-2H3. The number of fused-ring (bicyclic) bond motifs is 1. The molecule has 1 aliphatic carbocycles. The normalized spacial score (nSPS) is 22.5. The van der Waals surface area contributed by atoms with Crippen molar-refractivity contribution in [2.24, 2.45) is 18.9 Å². The highest BCUT2D eigenvalue weighted by molar-refractivity contribution is 6.30. The van der Waals surface area contributed by atoms with Gasteiger partial charge in [-0.3, -0.25) is 9.88 Å². The van der Waals surface area contributed by atoms with E-state index in [1.54, 1.807) is 0 Å². The number of likely N-dealkylation sites (tertiary alicyclic amines) is 1. The Morgan fingerprint density at radius 1 is 1.20 bits per heavy atom. The van der Waals surface area contributed by atoms with Crippen molar-refractivity contribution in [1.82, 2.24) is 19.4 Å². The number of hydrogen-bond acceptors (Lipinski definition) is 4. The number of nitrogens with zero attached hydrogens (tertiary/aromatic N) is 4. The highest BCUT2D eigenvalue weighted by Gasteiger charge is 2.33. The Bertz CT molecular complexity index is 1040. The number of aromatic nitrogens is 3. The molecule has 3 heterocycles. The van der Waals surface area contributed by atoms with Gasteiger partial charge in [0.05, 0.1) is 24.9 Å². The Kier molecular flexibility index (Phi) is 5.42. The first kappa shape index (κ1) is 19.8. The van der Waals surface area contributed by atoms with Crippen LogP contribution in [-0.2, 0) is 13.6 Å². The van der Waals surface area contributed by atoms with Gasteiger partial charge in [0.25, 0.3) is 0 Å². The van der Waals surface area contributed by atoms with E-state index in [0.717, 1.165) is 78.5 Å². The summed E-state index contributed by atoms with van der Waals surface area (Å²) in [5.74, 6) is 4.15. The summed E-state index contributed by atoms with van der Waals surface area (Å²) in [4.78, 5) is 11.5. The van der Waals surface area contributed by atoms with E-state index in [2.05, 4.69) is 40.6 Å². The number of rotatable bonds is 6. The zero-order chi connectivity index (χ0) is 20.7. The van der Waals surface area contributed by atoms with Gasteiger partial charge in [0.15, 0.2) is 0 Å². The summed E-state index contributed by atoms with van der Waals surface area (Å²) in [6.45, 7) is 6.11. The summed E-state index contributed by atoms with van der Waals surface area (Å²) < 4.78 is 8.41. The van der Waals surface area contributed by atoms with Crippen LogP contribution in [-0.4, -0.2) is 39.1 Å². The van der Waals surface area contributed by atoms with Crippen molar-refractivity contribution in [1.29, 1.82) is 0 Å². The van der Waals surface area contributed by atoms with E-state index in [4.69, 9.17) is 21.3 Å². The van der Waals surface area contributed by atoms with Crippen LogP contribution in [0.2, 0.25) is 5.02 Å². The molecule has 5 nitrogen and oxygen atoms in total. The van der Waals surface area contributed by atoms with Crippen molar-refractivity contribution in [2.45, 2.75) is 38.6 Å². The van der Waals surface area contributed by atoms with Crippen molar-refractivity contribution < 1.29 is 4.74 Å². The molecule has 1 aromatic carbocycles. The van der Waals surface area contributed by atoms with Gasteiger partial charge in [0.2, 0.25) is 0 Å². The molecule has 5 rings (SSSR count). The Hall–Kier alpha value is -2.11. The van der Waals surface area contributed by atoms with Crippen LogP contribution < -0.4 is 4.74 Å². The third-order valence-corrected chi connectivity index (χ3v) is 7.10. The first-order valence-electron chi connectivity index (χ1n) is 11.0. The Morgan fingerprint density at radius 2 is 2.00 bits per heavy atom. The fraction of sp³-hybridized carbons (Fsp3) is 0.500. The van der Waals surface area contributed by atoms with Gasteiger partial charge < -0.3 is 9.30 Å². The van der Waals surface area contributed by atoms with E-state index in [0.29, 0.717) is 5.92 Å². The van der Waals surface area contributed by atoms with E-state index in [9.17, 15) is 0 Å². The lowest BCUT2D eigenvalue weighted by atomic mass is 9.88. The van der Waals surface area contributed by atoms with Crippen LogP contribution in [0.25, 0.3) is 11.0 Å². The maximum absolute atomic E-state index is 6.34. The van der Waals surface area contributed by atoms with E-state index in [-0.39, 0.29) is 0 Å². The lowest BCUT2D eigenvalue weighted by Crippen LogP contribution is -2.33. The van der Waals surface area contributed by atoms with Gasteiger partial charge in [0.1, 0.15) is 17.1 Å². The molecule has 3 aromatic rings. The van der Waals surface area contributed by atoms with Gasteiger partial charge in [0, 0.05) is 18.3 Å². The van der Waals surface area contributed by atoms with E-state index in [1.807, 2.05) is 24.5 Å². The first-order valence-corrected chi connectivity index (χ1v) is 11.4. The maximum Gasteiger partial charge on any atom is 0.123 e. The summed E-state index contributed by atoms with van der Waals surface area (Å²) in [5.41, 5.74) is 3.39. The quantitative estimate of drug-likeness (QED) is 0.556. The number of imidazole rings is 1. The number of ether oxygens (including phenoxy) is 1. The first-order chi connectivity index (χ1) is 14.6. The molecule has 2 aliphatic rings. The zero-order valence-corrected chi connectivity index (χ0v) is 18.5. The maximum atomic E-state index is 6.34. The number of benzene rings is 1. The van der Waals surface area contributed by atoms with Crippen LogP contribution in [0.3, 0.4) is 0 Å². The van der Waals surface area contributed by atoms with Crippen molar-refractivity contribution >= 4 is 22.6 Å². The Balaban J connectivity index is 1.24. The predicted octanol–water partition coefficient (Wildman–Crippen LogP) is 5.04. The third kappa shape index (κ3) is 4.06. The summed E-state index contributed by atoms with van der Waals surface area (Å²) in [7, 11) is 2.09. The molecule has 0 spiro atoms. The van der Waals surface area contributed by atoms with Gasteiger partial charge in [-0.1, -0.05) is 18.5 Å². The van der Waals surface area contributed by atoms with Crippen LogP contribution in [0.1, 0.15) is 43.5 Å². The molecular weight excluding hydrogens is 396 g/mol. The number of aryl methyl sites for hydroxylation is 1. The number of halogens is 1. The number of piperidine rings is 1. The molecule has 2 fully saturated rings. The molecule has 0 bridgehead atoms. The molecule has 1 saturated carbocycles. The minimum absolute atomic E-state index is 0.497. The van der Waals surface area contributed by atoms with Crippen LogP contribution in [0.4, 0.5) is 0 Å². The molecule has 158 valence electrons. The van der Waals surface area contributed by atoms with Gasteiger partial charge in [-0.15, -0.1) is 0 Å². The number of pyridine rings is 1. The van der Waals surface area contributed by atoms with Crippen LogP contribution in [0.15, 0.2) is 36.7 Å². The number of hydrogen-bond donors (Lipinski definition) is 0. The lowest BCUT2D eigenvalue weighted by Gasteiger charge is -2.32. The van der Waals surface area contributed by atoms with E-state index >= 15 is 0 Å². The lowest BCUT2D eigenvalue weighted by molar-refractivity contribution is 0.196. The average Bonchev–Trinajstić information content (AvgIpc) is 3.38. The molecule has 0 radical (unpaired) electrons. The topological polar surface area (TPSA) is 43.2 Å². The van der Waals surface area contributed by atoms with Crippen molar-refractivity contribution in [3.8, 4) is 5.75 Å². The average molecular weight is 425 g/mol. The largest absolute Gasteiger partial charge is 0.493 e. The summed E-state index contributed by atoms with van der Waals surface area (Å²) in [5, 5.41) is 0.799. The summed E-state index contributed by atoms with van der Waals surface area (Å²) in [6, 6.07) is 8.16. The molecular formula is C24H29ClN4O. The SMILES string of the molecule is CC1CC1COc1ccc(Cl)cc1C1CCN(Cc2nc3cnccc3n2C)CC1. The second-order valence-corrected chi connectivity index (χ2v) is 9.40. The second kappa shape index (κ2) is 8.20. The van der Waals surface area contributed by atoms with Gasteiger partial charge in [-0.05, 0) is 79.9 Å². The van der Waals surface area contributed by atoms with Crippen LogP contribution in [0, 0.1) is 11.8 Å². The Morgan fingerprint density at radius 3 is 2.73 bits per heavy atom. The third-order valence-electron chi connectivity index (χ3n) is 6.87. The molecule has 2 aromatic heterocycles. The molecule has 0 amide bonds. The van der Waals surface area contributed by atoms with E-state index in [1.165, 1.54) is 12.0 Å².